The molecule has 0 unspecified atom stereocenters. The molecule has 14 heavy (non-hydrogen) atoms. The highest BCUT2D eigenvalue weighted by Gasteiger charge is 1.84. The van der Waals surface area contributed by atoms with Crippen LogP contribution in [0.2, 0.25) is 0 Å². The standard InChI is InChI=1S/C9H12.C3H6O2/c1-2-6-9-7-4-3-5-8-9;1-2-3(4)5/h3-5,7-8H,2,6H2,1H3;2H2,1H3,(H,4,5). The van der Waals surface area contributed by atoms with Gasteiger partial charge in [0.05, 0.1) is 0 Å². The SMILES string of the molecule is CCC(=O)O.CCCc1ccccc1. The van der Waals surface area contributed by atoms with Crippen molar-refractivity contribution in [2.45, 2.75) is 33.1 Å². The van der Waals surface area contributed by atoms with Crippen LogP contribution in [0.25, 0.3) is 0 Å². The van der Waals surface area contributed by atoms with Crippen molar-refractivity contribution in [3.8, 4) is 0 Å². The van der Waals surface area contributed by atoms with Crippen molar-refractivity contribution in [1.82, 2.24) is 0 Å². The van der Waals surface area contributed by atoms with Gasteiger partial charge in [0, 0.05) is 6.42 Å². The highest BCUT2D eigenvalue weighted by Crippen LogP contribution is 2.00. The van der Waals surface area contributed by atoms with Gasteiger partial charge in [-0.2, -0.15) is 0 Å². The third kappa shape index (κ3) is 7.35. The van der Waals surface area contributed by atoms with Gasteiger partial charge in [-0.15, -0.1) is 0 Å². The molecular weight excluding hydrogens is 176 g/mol. The fraction of sp³-hybridized carbons (Fsp3) is 0.417. The Morgan fingerprint density at radius 1 is 1.21 bits per heavy atom. The number of carboxylic acid groups (broad SMARTS) is 1. The molecule has 2 heteroatoms. The van der Waals surface area contributed by atoms with Gasteiger partial charge in [0.25, 0.3) is 0 Å². The van der Waals surface area contributed by atoms with Crippen molar-refractivity contribution in [3.05, 3.63) is 35.9 Å². The number of rotatable bonds is 3. The van der Waals surface area contributed by atoms with Crippen LogP contribution in [0.15, 0.2) is 30.3 Å². The van der Waals surface area contributed by atoms with E-state index in [1.807, 2.05) is 0 Å². The first kappa shape index (κ1) is 12.7. The van der Waals surface area contributed by atoms with E-state index in [0.717, 1.165) is 0 Å². The molecule has 1 aromatic rings. The summed E-state index contributed by atoms with van der Waals surface area (Å²) in [5.41, 5.74) is 1.44. The largest absolute Gasteiger partial charge is 0.481 e. The normalized spacial score (nSPS) is 8.71. The third-order valence-corrected chi connectivity index (χ3v) is 1.68. The molecule has 0 amide bonds. The Morgan fingerprint density at radius 2 is 1.71 bits per heavy atom. The average Bonchev–Trinajstić information content (AvgIpc) is 2.21. The molecule has 0 aliphatic carbocycles. The lowest BCUT2D eigenvalue weighted by Gasteiger charge is -1.93. The van der Waals surface area contributed by atoms with Crippen molar-refractivity contribution >= 4 is 5.97 Å². The van der Waals surface area contributed by atoms with Gasteiger partial charge >= 0.3 is 5.97 Å². The van der Waals surface area contributed by atoms with Crippen LogP contribution in [-0.4, -0.2) is 11.1 Å². The molecule has 78 valence electrons. The quantitative estimate of drug-likeness (QED) is 0.802. The number of aliphatic carboxylic acids is 1. The molecule has 0 saturated heterocycles. The molecule has 2 nitrogen and oxygen atoms in total. The maximum absolute atomic E-state index is 9.37. The van der Waals surface area contributed by atoms with E-state index in [4.69, 9.17) is 5.11 Å². The van der Waals surface area contributed by atoms with Gasteiger partial charge in [0.2, 0.25) is 0 Å². The fourth-order valence-corrected chi connectivity index (χ4v) is 0.933. The highest BCUT2D eigenvalue weighted by molar-refractivity contribution is 5.66. The summed E-state index contributed by atoms with van der Waals surface area (Å²) in [6.45, 7) is 3.80. The predicted octanol–water partition coefficient (Wildman–Crippen LogP) is 3.12. The van der Waals surface area contributed by atoms with Gasteiger partial charge in [0.1, 0.15) is 0 Å². The smallest absolute Gasteiger partial charge is 0.303 e. The molecule has 1 N–H and O–H groups in total. The Kier molecular flexibility index (Phi) is 7.52. The topological polar surface area (TPSA) is 37.3 Å². The Balaban J connectivity index is 0.000000292. The minimum absolute atomic E-state index is 0.222. The fourth-order valence-electron chi connectivity index (χ4n) is 0.933. The summed E-state index contributed by atoms with van der Waals surface area (Å²) in [5.74, 6) is -0.745. The van der Waals surface area contributed by atoms with Crippen LogP contribution in [0, 0.1) is 0 Å². The van der Waals surface area contributed by atoms with Crippen molar-refractivity contribution in [2.24, 2.45) is 0 Å². The van der Waals surface area contributed by atoms with E-state index in [0.29, 0.717) is 0 Å². The summed E-state index contributed by atoms with van der Waals surface area (Å²) in [6, 6.07) is 10.6. The summed E-state index contributed by atoms with van der Waals surface area (Å²) in [5, 5.41) is 7.72. The zero-order valence-electron chi connectivity index (χ0n) is 8.86. The van der Waals surface area contributed by atoms with E-state index in [-0.39, 0.29) is 6.42 Å². The van der Waals surface area contributed by atoms with Gasteiger partial charge in [0.15, 0.2) is 0 Å². The van der Waals surface area contributed by atoms with Gasteiger partial charge in [-0.05, 0) is 12.0 Å². The Labute approximate surface area is 85.6 Å². The second-order valence-electron chi connectivity index (χ2n) is 2.98. The zero-order chi connectivity index (χ0) is 10.8. The van der Waals surface area contributed by atoms with Gasteiger partial charge in [-0.3, -0.25) is 4.79 Å². The van der Waals surface area contributed by atoms with E-state index >= 15 is 0 Å². The summed E-state index contributed by atoms with van der Waals surface area (Å²) in [6.07, 6.45) is 2.67. The van der Waals surface area contributed by atoms with Crippen molar-refractivity contribution in [3.63, 3.8) is 0 Å². The number of aryl methyl sites for hydroxylation is 1. The minimum atomic E-state index is -0.745. The van der Waals surface area contributed by atoms with Gasteiger partial charge < -0.3 is 5.11 Å². The summed E-state index contributed by atoms with van der Waals surface area (Å²) < 4.78 is 0. The molecule has 0 atom stereocenters. The Hall–Kier alpha value is -1.31. The maximum atomic E-state index is 9.37. The summed E-state index contributed by atoms with van der Waals surface area (Å²) in [4.78, 5) is 9.37. The second-order valence-corrected chi connectivity index (χ2v) is 2.98. The van der Waals surface area contributed by atoms with Crippen LogP contribution in [0.1, 0.15) is 32.3 Å². The Bertz CT molecular complexity index is 242. The second kappa shape index (κ2) is 8.30. The lowest BCUT2D eigenvalue weighted by atomic mass is 10.1. The monoisotopic (exact) mass is 194 g/mol. The number of hydrogen-bond donors (Lipinski definition) is 1. The number of benzene rings is 1. The molecule has 0 fully saturated rings. The summed E-state index contributed by atoms with van der Waals surface area (Å²) >= 11 is 0. The molecule has 0 aromatic heterocycles. The van der Waals surface area contributed by atoms with Crippen LogP contribution in [0.4, 0.5) is 0 Å². The first-order chi connectivity index (χ1) is 6.70. The maximum Gasteiger partial charge on any atom is 0.303 e. The predicted molar refractivity (Wildman–Crippen MR) is 58.4 cm³/mol. The van der Waals surface area contributed by atoms with E-state index in [1.165, 1.54) is 18.4 Å². The highest BCUT2D eigenvalue weighted by atomic mass is 16.4. The molecule has 1 rings (SSSR count). The van der Waals surface area contributed by atoms with E-state index in [9.17, 15) is 4.79 Å². The number of carbonyl (C=O) groups is 1. The van der Waals surface area contributed by atoms with E-state index in [1.54, 1.807) is 6.92 Å². The molecule has 0 saturated carbocycles. The molecule has 1 aromatic carbocycles. The molecule has 0 aliphatic rings. The zero-order valence-corrected chi connectivity index (χ0v) is 8.86. The minimum Gasteiger partial charge on any atom is -0.481 e. The van der Waals surface area contributed by atoms with Crippen molar-refractivity contribution in [2.75, 3.05) is 0 Å². The third-order valence-electron chi connectivity index (χ3n) is 1.68. The lowest BCUT2D eigenvalue weighted by molar-refractivity contribution is -0.136. The average molecular weight is 194 g/mol. The van der Waals surface area contributed by atoms with Crippen LogP contribution in [0.3, 0.4) is 0 Å². The van der Waals surface area contributed by atoms with E-state index in [2.05, 4.69) is 37.3 Å². The van der Waals surface area contributed by atoms with Crippen molar-refractivity contribution in [1.29, 1.82) is 0 Å². The number of hydrogen-bond acceptors (Lipinski definition) is 1. The first-order valence-electron chi connectivity index (χ1n) is 4.96. The van der Waals surface area contributed by atoms with Crippen LogP contribution >= 0.6 is 0 Å². The van der Waals surface area contributed by atoms with E-state index < -0.39 is 5.97 Å². The van der Waals surface area contributed by atoms with Gasteiger partial charge in [-0.1, -0.05) is 50.6 Å². The molecule has 0 spiro atoms. The summed E-state index contributed by atoms with van der Waals surface area (Å²) in [7, 11) is 0. The first-order valence-corrected chi connectivity index (χ1v) is 4.96. The van der Waals surface area contributed by atoms with Crippen molar-refractivity contribution < 1.29 is 9.90 Å². The molecule has 0 heterocycles. The van der Waals surface area contributed by atoms with Crippen LogP contribution in [-0.2, 0) is 11.2 Å². The molecule has 0 aliphatic heterocycles. The van der Waals surface area contributed by atoms with Crippen LogP contribution in [0.5, 0.6) is 0 Å². The Morgan fingerprint density at radius 3 is 2.07 bits per heavy atom. The lowest BCUT2D eigenvalue weighted by Crippen LogP contribution is -1.86. The molecule has 0 bridgehead atoms. The number of carboxylic acids is 1. The van der Waals surface area contributed by atoms with Gasteiger partial charge in [-0.25, -0.2) is 0 Å². The molecular formula is C12H18O2. The molecule has 0 radical (unpaired) electrons. The van der Waals surface area contributed by atoms with Crippen LogP contribution < -0.4 is 0 Å².